The van der Waals surface area contributed by atoms with Crippen molar-refractivity contribution in [2.45, 2.75) is 19.0 Å². The molecule has 33 heavy (non-hydrogen) atoms. The molecule has 9 heteroatoms. The summed E-state index contributed by atoms with van der Waals surface area (Å²) in [7, 11) is 0. The Balaban J connectivity index is 1.48. The summed E-state index contributed by atoms with van der Waals surface area (Å²) < 4.78 is 19.2. The van der Waals surface area contributed by atoms with E-state index in [1.807, 2.05) is 36.4 Å². The lowest BCUT2D eigenvalue weighted by atomic mass is 9.95. The average Bonchev–Trinajstić information content (AvgIpc) is 3.26. The molecule has 0 saturated heterocycles. The van der Waals surface area contributed by atoms with Gasteiger partial charge in [0.05, 0.1) is 11.3 Å². The fourth-order valence-electron chi connectivity index (χ4n) is 3.66. The molecule has 162 valence electrons. The first-order chi connectivity index (χ1) is 16.1. The normalized spacial score (nSPS) is 17.5. The number of allylic oxidation sites excluding steroid dienone is 3. The van der Waals surface area contributed by atoms with Crippen molar-refractivity contribution in [2.75, 3.05) is 5.32 Å². The van der Waals surface area contributed by atoms with Crippen LogP contribution in [0.15, 0.2) is 81.4 Å². The highest BCUT2D eigenvalue weighted by molar-refractivity contribution is 6.17. The van der Waals surface area contributed by atoms with Crippen molar-refractivity contribution in [1.82, 2.24) is 15.5 Å². The van der Waals surface area contributed by atoms with Crippen LogP contribution in [-0.4, -0.2) is 28.0 Å². The Bertz CT molecular complexity index is 1370. The van der Waals surface area contributed by atoms with E-state index in [1.54, 1.807) is 6.07 Å². The molecule has 1 amide bonds. The number of aromatic nitrogens is 2. The monoisotopic (exact) mass is 440 g/mol. The second-order valence-electron chi connectivity index (χ2n) is 7.41. The summed E-state index contributed by atoms with van der Waals surface area (Å²) >= 11 is 0. The Morgan fingerprint density at radius 1 is 1.09 bits per heavy atom. The van der Waals surface area contributed by atoms with Crippen molar-refractivity contribution in [3.63, 3.8) is 0 Å². The van der Waals surface area contributed by atoms with E-state index >= 15 is 0 Å². The molecule has 1 atom stereocenters. The summed E-state index contributed by atoms with van der Waals surface area (Å²) in [6.45, 7) is 0. The van der Waals surface area contributed by atoms with Crippen LogP contribution in [0.25, 0.3) is 11.5 Å². The summed E-state index contributed by atoms with van der Waals surface area (Å²) in [5.74, 6) is -0.926. The summed E-state index contributed by atoms with van der Waals surface area (Å²) in [4.78, 5) is 17.6. The van der Waals surface area contributed by atoms with Gasteiger partial charge in [0, 0.05) is 22.4 Å². The number of halogens is 1. The van der Waals surface area contributed by atoms with Crippen LogP contribution in [0.2, 0.25) is 0 Å². The van der Waals surface area contributed by atoms with Crippen LogP contribution >= 0.6 is 0 Å². The number of nitrogens with zero attached hydrogens (tertiary/aromatic N) is 4. The quantitative estimate of drug-likeness (QED) is 0.639. The number of benzene rings is 2. The highest BCUT2D eigenvalue weighted by atomic mass is 19.1. The number of carbonyl (C=O) groups excluding carboxylic acids is 1. The molecule has 8 nitrogen and oxygen atoms in total. The van der Waals surface area contributed by atoms with Crippen molar-refractivity contribution in [1.29, 1.82) is 5.26 Å². The Hall–Kier alpha value is -4.58. The molecule has 0 radical (unpaired) electrons. The van der Waals surface area contributed by atoms with E-state index in [4.69, 9.17) is 14.7 Å². The van der Waals surface area contributed by atoms with Gasteiger partial charge < -0.3 is 15.1 Å². The second-order valence-corrected chi connectivity index (χ2v) is 7.41. The van der Waals surface area contributed by atoms with Crippen molar-refractivity contribution in [3.8, 4) is 17.5 Å². The fraction of sp³-hybridized carbons (Fsp3) is 0.125. The molecule has 5 rings (SSSR count). The van der Waals surface area contributed by atoms with Crippen molar-refractivity contribution in [2.24, 2.45) is 4.99 Å². The molecule has 1 aromatic heterocycles. The van der Waals surface area contributed by atoms with Gasteiger partial charge >= 0.3 is 6.01 Å². The number of nitriles is 1. The first kappa shape index (κ1) is 20.3. The molecule has 1 aliphatic carbocycles. The smallest absolute Gasteiger partial charge is 0.317 e. The minimum absolute atomic E-state index is 0.0306. The highest BCUT2D eigenvalue weighted by Gasteiger charge is 2.29. The molecule has 2 heterocycles. The number of anilines is 1. The van der Waals surface area contributed by atoms with Crippen molar-refractivity contribution in [3.05, 3.63) is 88.9 Å². The number of aliphatic imine (C=N–C) groups is 1. The average molecular weight is 440 g/mol. The first-order valence-electron chi connectivity index (χ1n) is 10.3. The topological polar surface area (TPSA) is 116 Å². The van der Waals surface area contributed by atoms with Gasteiger partial charge in [0.25, 0.3) is 5.91 Å². The van der Waals surface area contributed by atoms with Gasteiger partial charge in [-0.15, -0.1) is 5.10 Å². The molecule has 2 aliphatic rings. The minimum atomic E-state index is -1.02. The number of amides is 1. The predicted octanol–water partition coefficient (Wildman–Crippen LogP) is 3.71. The lowest BCUT2D eigenvalue weighted by molar-refractivity contribution is -0.120. The van der Waals surface area contributed by atoms with E-state index in [2.05, 4.69) is 26.9 Å². The number of fused-ring (bicyclic) bond motifs is 1. The van der Waals surface area contributed by atoms with Gasteiger partial charge in [-0.25, -0.2) is 9.38 Å². The Labute approximate surface area is 188 Å². The second kappa shape index (κ2) is 8.51. The third kappa shape index (κ3) is 4.02. The SMILES string of the molecule is N#Cc1cc(-c2nnc(NC3N=C(c4ccccc4)C4=CCCC=C4NC3=O)o2)ccc1F. The lowest BCUT2D eigenvalue weighted by Gasteiger charge is -2.16. The lowest BCUT2D eigenvalue weighted by Crippen LogP contribution is -2.36. The van der Waals surface area contributed by atoms with Gasteiger partial charge in [0.1, 0.15) is 11.9 Å². The van der Waals surface area contributed by atoms with Crippen LogP contribution in [0.1, 0.15) is 24.0 Å². The number of hydrogen-bond acceptors (Lipinski definition) is 7. The zero-order valence-electron chi connectivity index (χ0n) is 17.2. The van der Waals surface area contributed by atoms with Gasteiger partial charge in [0.15, 0.2) is 0 Å². The van der Waals surface area contributed by atoms with E-state index in [-0.39, 0.29) is 23.4 Å². The molecule has 0 fully saturated rings. The highest BCUT2D eigenvalue weighted by Crippen LogP contribution is 2.26. The maximum Gasteiger partial charge on any atom is 0.317 e. The fourth-order valence-corrected chi connectivity index (χ4v) is 3.66. The number of rotatable bonds is 4. The first-order valence-corrected chi connectivity index (χ1v) is 10.3. The van der Waals surface area contributed by atoms with E-state index < -0.39 is 12.0 Å². The molecular formula is C24H17FN6O2. The van der Waals surface area contributed by atoms with Crippen LogP contribution in [0.4, 0.5) is 10.4 Å². The predicted molar refractivity (Wildman–Crippen MR) is 118 cm³/mol. The Morgan fingerprint density at radius 3 is 2.73 bits per heavy atom. The van der Waals surface area contributed by atoms with Gasteiger partial charge in [-0.3, -0.25) is 4.79 Å². The summed E-state index contributed by atoms with van der Waals surface area (Å²) in [6.07, 6.45) is 4.71. The minimum Gasteiger partial charge on any atom is -0.403 e. The van der Waals surface area contributed by atoms with Gasteiger partial charge in [-0.05, 0) is 31.0 Å². The summed E-state index contributed by atoms with van der Waals surface area (Å²) in [6, 6.07) is 15.3. The van der Waals surface area contributed by atoms with Crippen LogP contribution in [0.5, 0.6) is 0 Å². The van der Waals surface area contributed by atoms with Crippen LogP contribution in [0, 0.1) is 17.1 Å². The molecule has 0 bridgehead atoms. The van der Waals surface area contributed by atoms with Gasteiger partial charge in [-0.1, -0.05) is 47.6 Å². The largest absolute Gasteiger partial charge is 0.403 e. The summed E-state index contributed by atoms with van der Waals surface area (Å²) in [5, 5.41) is 22.7. The molecule has 2 N–H and O–H groups in total. The third-order valence-corrected chi connectivity index (χ3v) is 5.24. The molecule has 2 aromatic carbocycles. The van der Waals surface area contributed by atoms with Gasteiger partial charge in [-0.2, -0.15) is 5.26 Å². The maximum atomic E-state index is 13.6. The number of hydrogen-bond donors (Lipinski definition) is 2. The molecule has 3 aromatic rings. The van der Waals surface area contributed by atoms with E-state index in [0.29, 0.717) is 11.3 Å². The van der Waals surface area contributed by atoms with Crippen molar-refractivity contribution < 1.29 is 13.6 Å². The van der Waals surface area contributed by atoms with Crippen LogP contribution in [0.3, 0.4) is 0 Å². The van der Waals surface area contributed by atoms with Crippen LogP contribution in [-0.2, 0) is 4.79 Å². The van der Waals surface area contributed by atoms with E-state index in [1.165, 1.54) is 12.1 Å². The Kier molecular flexibility index (Phi) is 5.24. The van der Waals surface area contributed by atoms with E-state index in [0.717, 1.165) is 35.7 Å². The standard InChI is InChI=1S/C24H17FN6O2/c25-18-11-10-15(12-16(18)13-26)23-30-31-24(33-23)29-21-22(32)27-19-9-5-4-8-17(19)20(28-21)14-6-2-1-3-7-14/h1-3,6-12,21H,4-5H2,(H,27,32)(H,29,31). The Morgan fingerprint density at radius 2 is 1.91 bits per heavy atom. The van der Waals surface area contributed by atoms with Crippen LogP contribution < -0.4 is 10.6 Å². The van der Waals surface area contributed by atoms with E-state index in [9.17, 15) is 9.18 Å². The molecular weight excluding hydrogens is 423 g/mol. The number of nitrogens with one attached hydrogen (secondary N) is 2. The van der Waals surface area contributed by atoms with Crippen molar-refractivity contribution >= 4 is 17.6 Å². The maximum absolute atomic E-state index is 13.6. The molecule has 1 unspecified atom stereocenters. The van der Waals surface area contributed by atoms with Gasteiger partial charge in [0.2, 0.25) is 12.1 Å². The zero-order valence-corrected chi connectivity index (χ0v) is 17.2. The zero-order chi connectivity index (χ0) is 22.8. The molecule has 1 aliphatic heterocycles. The molecule has 0 saturated carbocycles. The summed E-state index contributed by atoms with van der Waals surface area (Å²) in [5.41, 5.74) is 3.39. The third-order valence-electron chi connectivity index (χ3n) is 5.24. The molecule has 0 spiro atoms. The number of carbonyl (C=O) groups is 1.